The number of nitrogens with two attached hydrogens (primary N) is 1. The largest absolute Gasteiger partial charge is 0.343 e. The summed E-state index contributed by atoms with van der Waals surface area (Å²) in [6.07, 6.45) is 8.17. The maximum atomic E-state index is 12.8. The van der Waals surface area contributed by atoms with E-state index in [4.69, 9.17) is 5.73 Å². The Kier molecular flexibility index (Phi) is 4.59. The molecule has 8 heteroatoms. The van der Waals surface area contributed by atoms with E-state index < -0.39 is 0 Å². The summed E-state index contributed by atoms with van der Waals surface area (Å²) in [5.74, 6) is 2.23. The first-order chi connectivity index (χ1) is 13.2. The van der Waals surface area contributed by atoms with Gasteiger partial charge in [-0.15, -0.1) is 0 Å². The first-order valence-corrected chi connectivity index (χ1v) is 10.3. The van der Waals surface area contributed by atoms with Gasteiger partial charge in [0.05, 0.1) is 12.6 Å². The quantitative estimate of drug-likeness (QED) is 0.474. The number of nitrogens with one attached hydrogen (secondary N) is 4. The van der Waals surface area contributed by atoms with Crippen LogP contribution >= 0.6 is 0 Å². The molecule has 4 fully saturated rings. The molecule has 8 atom stereocenters. The number of aromatic nitrogens is 2. The van der Waals surface area contributed by atoms with Crippen LogP contribution in [0, 0.1) is 23.7 Å². The normalized spacial score (nSPS) is 44.3. The molecule has 6 N–H and O–H groups in total. The SMILES string of the molecule is NC1C(C2CCCC3NNCC32)CC(c2ncccn2)C2NCNC(=O)C12. The highest BCUT2D eigenvalue weighted by Crippen LogP contribution is 2.47. The zero-order valence-corrected chi connectivity index (χ0v) is 15.5. The van der Waals surface area contributed by atoms with Crippen molar-refractivity contribution in [2.45, 2.75) is 49.7 Å². The van der Waals surface area contributed by atoms with Crippen LogP contribution in [0.25, 0.3) is 0 Å². The van der Waals surface area contributed by atoms with Crippen LogP contribution < -0.4 is 27.2 Å². The highest BCUT2D eigenvalue weighted by atomic mass is 16.2. The van der Waals surface area contributed by atoms with Crippen molar-refractivity contribution >= 4 is 5.91 Å². The molecular formula is C19H29N7O. The number of nitrogens with zero attached hydrogens (tertiary/aromatic N) is 2. The Morgan fingerprint density at radius 2 is 1.96 bits per heavy atom. The molecule has 2 saturated heterocycles. The molecule has 5 rings (SSSR count). The third-order valence-electron chi connectivity index (χ3n) is 7.37. The van der Waals surface area contributed by atoms with Gasteiger partial charge in [-0.3, -0.25) is 21.0 Å². The van der Waals surface area contributed by atoms with E-state index in [1.54, 1.807) is 12.4 Å². The number of carbonyl (C=O) groups excluding carboxylic acids is 1. The minimum absolute atomic E-state index is 0.00613. The smallest absolute Gasteiger partial charge is 0.227 e. The third kappa shape index (κ3) is 2.95. The average molecular weight is 371 g/mol. The maximum Gasteiger partial charge on any atom is 0.227 e. The van der Waals surface area contributed by atoms with Gasteiger partial charge in [0.15, 0.2) is 0 Å². The zero-order chi connectivity index (χ0) is 18.4. The molecule has 0 spiro atoms. The van der Waals surface area contributed by atoms with E-state index >= 15 is 0 Å². The van der Waals surface area contributed by atoms with Crippen LogP contribution in [0.4, 0.5) is 0 Å². The van der Waals surface area contributed by atoms with Crippen molar-refractivity contribution in [3.63, 3.8) is 0 Å². The van der Waals surface area contributed by atoms with Gasteiger partial charge in [-0.2, -0.15) is 0 Å². The lowest BCUT2D eigenvalue weighted by Crippen LogP contribution is -2.67. The molecule has 0 radical (unpaired) electrons. The second-order valence-corrected chi connectivity index (χ2v) is 8.55. The van der Waals surface area contributed by atoms with E-state index in [9.17, 15) is 4.79 Å². The van der Waals surface area contributed by atoms with E-state index in [2.05, 4.69) is 31.5 Å². The van der Waals surface area contributed by atoms with Gasteiger partial charge in [-0.25, -0.2) is 9.97 Å². The summed E-state index contributed by atoms with van der Waals surface area (Å²) in [7, 11) is 0. The minimum atomic E-state index is -0.228. The molecule has 1 aromatic heterocycles. The van der Waals surface area contributed by atoms with Crippen molar-refractivity contribution in [1.29, 1.82) is 0 Å². The molecule has 8 unspecified atom stereocenters. The highest BCUT2D eigenvalue weighted by Gasteiger charge is 2.53. The lowest BCUT2D eigenvalue weighted by molar-refractivity contribution is -0.132. The summed E-state index contributed by atoms with van der Waals surface area (Å²) >= 11 is 0. The summed E-state index contributed by atoms with van der Waals surface area (Å²) in [5, 5.41) is 6.44. The summed E-state index contributed by atoms with van der Waals surface area (Å²) in [6.45, 7) is 1.48. The van der Waals surface area contributed by atoms with E-state index in [-0.39, 0.29) is 29.8 Å². The van der Waals surface area contributed by atoms with Crippen LogP contribution in [-0.2, 0) is 4.79 Å². The Balaban J connectivity index is 1.49. The van der Waals surface area contributed by atoms with Gasteiger partial charge in [0.2, 0.25) is 5.91 Å². The zero-order valence-electron chi connectivity index (χ0n) is 15.5. The van der Waals surface area contributed by atoms with Gasteiger partial charge in [-0.05, 0) is 43.1 Å². The number of hydrogen-bond acceptors (Lipinski definition) is 7. The first-order valence-electron chi connectivity index (χ1n) is 10.3. The fourth-order valence-corrected chi connectivity index (χ4v) is 6.17. The van der Waals surface area contributed by atoms with Crippen LogP contribution in [0.5, 0.6) is 0 Å². The Bertz CT molecular complexity index is 686. The number of fused-ring (bicyclic) bond motifs is 2. The summed E-state index contributed by atoms with van der Waals surface area (Å²) < 4.78 is 0. The Morgan fingerprint density at radius 3 is 2.81 bits per heavy atom. The third-order valence-corrected chi connectivity index (χ3v) is 7.37. The number of carbonyl (C=O) groups is 1. The molecule has 0 aromatic carbocycles. The lowest BCUT2D eigenvalue weighted by Gasteiger charge is -2.51. The fraction of sp³-hybridized carbons (Fsp3) is 0.737. The molecule has 1 aromatic rings. The predicted octanol–water partition coefficient (Wildman–Crippen LogP) is -0.538. The molecule has 4 aliphatic rings. The maximum absolute atomic E-state index is 12.8. The van der Waals surface area contributed by atoms with E-state index in [1.807, 2.05) is 6.07 Å². The standard InChI is InChI=1S/C19H29N7O/c20-16-11(10-3-1-4-14-13(10)8-25-26-14)7-12(18-21-5-2-6-22-18)17-15(16)19(27)24-9-23-17/h2,5-6,10-17,23,25-26H,1,3-4,7-9,20H2,(H,24,27). The van der Waals surface area contributed by atoms with Crippen LogP contribution in [0.1, 0.15) is 37.4 Å². The van der Waals surface area contributed by atoms with Crippen LogP contribution in [0.15, 0.2) is 18.5 Å². The van der Waals surface area contributed by atoms with Crippen molar-refractivity contribution in [2.75, 3.05) is 13.2 Å². The highest BCUT2D eigenvalue weighted by molar-refractivity contribution is 5.81. The fourth-order valence-electron chi connectivity index (χ4n) is 6.17. The molecule has 8 nitrogen and oxygen atoms in total. The number of hydrogen-bond donors (Lipinski definition) is 5. The Hall–Kier alpha value is -1.61. The average Bonchev–Trinajstić information content (AvgIpc) is 3.18. The monoisotopic (exact) mass is 371 g/mol. The van der Waals surface area contributed by atoms with Gasteiger partial charge in [-0.1, -0.05) is 6.42 Å². The van der Waals surface area contributed by atoms with Gasteiger partial charge in [0.25, 0.3) is 0 Å². The predicted molar refractivity (Wildman–Crippen MR) is 100 cm³/mol. The molecule has 3 heterocycles. The van der Waals surface area contributed by atoms with Crippen LogP contribution in [-0.4, -0.2) is 47.2 Å². The lowest BCUT2D eigenvalue weighted by atomic mass is 9.59. The second kappa shape index (κ2) is 7.09. The van der Waals surface area contributed by atoms with E-state index in [0.717, 1.165) is 18.8 Å². The van der Waals surface area contributed by atoms with Gasteiger partial charge in [0.1, 0.15) is 5.82 Å². The molecule has 2 aliphatic heterocycles. The molecule has 1 amide bonds. The topological polar surface area (TPSA) is 117 Å². The molecule has 2 saturated carbocycles. The molecule has 146 valence electrons. The van der Waals surface area contributed by atoms with Gasteiger partial charge in [0, 0.05) is 43.0 Å². The molecule has 2 aliphatic carbocycles. The number of hydrazine groups is 1. The van der Waals surface area contributed by atoms with Crippen molar-refractivity contribution in [1.82, 2.24) is 31.5 Å². The van der Waals surface area contributed by atoms with Crippen molar-refractivity contribution in [3.05, 3.63) is 24.3 Å². The summed E-state index contributed by atoms with van der Waals surface area (Å²) in [4.78, 5) is 21.9. The Morgan fingerprint density at radius 1 is 1.11 bits per heavy atom. The van der Waals surface area contributed by atoms with Crippen molar-refractivity contribution < 1.29 is 4.79 Å². The minimum Gasteiger partial charge on any atom is -0.343 e. The molecule has 27 heavy (non-hydrogen) atoms. The summed E-state index contributed by atoms with van der Waals surface area (Å²) in [5.41, 5.74) is 13.6. The van der Waals surface area contributed by atoms with Gasteiger partial charge < -0.3 is 11.1 Å². The summed E-state index contributed by atoms with van der Waals surface area (Å²) in [6, 6.07) is 2.24. The number of amides is 1. The second-order valence-electron chi connectivity index (χ2n) is 8.55. The van der Waals surface area contributed by atoms with E-state index in [1.165, 1.54) is 19.3 Å². The molecule has 0 bridgehead atoms. The molecular weight excluding hydrogens is 342 g/mol. The van der Waals surface area contributed by atoms with Crippen molar-refractivity contribution in [3.8, 4) is 0 Å². The Labute approximate surface area is 159 Å². The van der Waals surface area contributed by atoms with Gasteiger partial charge >= 0.3 is 0 Å². The van der Waals surface area contributed by atoms with E-state index in [0.29, 0.717) is 30.5 Å². The number of rotatable bonds is 2. The first kappa shape index (κ1) is 17.5. The van der Waals surface area contributed by atoms with Crippen LogP contribution in [0.2, 0.25) is 0 Å². The van der Waals surface area contributed by atoms with Crippen LogP contribution in [0.3, 0.4) is 0 Å². The van der Waals surface area contributed by atoms with Crippen molar-refractivity contribution in [2.24, 2.45) is 29.4 Å².